The zero-order valence-electron chi connectivity index (χ0n) is 20.6. The number of hydrogen-bond donors (Lipinski definition) is 0. The monoisotopic (exact) mass is 505 g/mol. The van der Waals surface area contributed by atoms with Crippen LogP contribution in [0.15, 0.2) is 72.8 Å². The summed E-state index contributed by atoms with van der Waals surface area (Å²) in [4.78, 5) is 15.2. The second-order valence-electron chi connectivity index (χ2n) is 10.7. The second kappa shape index (κ2) is 9.23. The van der Waals surface area contributed by atoms with Crippen molar-refractivity contribution in [2.24, 2.45) is 5.92 Å². The number of ether oxygens (including phenoxy) is 1. The van der Waals surface area contributed by atoms with Gasteiger partial charge in [-0.3, -0.25) is 0 Å². The molecule has 1 heterocycles. The van der Waals surface area contributed by atoms with Crippen LogP contribution in [0.5, 0.6) is 0 Å². The number of fused-ring (bicyclic) bond motifs is 1. The fraction of sp³-hybridized carbons (Fsp3) is 0.387. The van der Waals surface area contributed by atoms with E-state index in [1.165, 1.54) is 11.1 Å². The van der Waals surface area contributed by atoms with E-state index < -0.39 is 11.7 Å². The number of halogens is 3. The van der Waals surface area contributed by atoms with Gasteiger partial charge in [0.15, 0.2) is 0 Å². The van der Waals surface area contributed by atoms with E-state index in [0.29, 0.717) is 12.5 Å². The summed E-state index contributed by atoms with van der Waals surface area (Å²) >= 11 is 0. The van der Waals surface area contributed by atoms with Crippen LogP contribution in [0.1, 0.15) is 54.4 Å². The minimum Gasteiger partial charge on any atom is -0.445 e. The number of amides is 1. The number of carbonyl (C=O) groups excluding carboxylic acids is 1. The number of hydrogen-bond acceptors (Lipinski definition) is 2. The van der Waals surface area contributed by atoms with E-state index in [-0.39, 0.29) is 24.2 Å². The third-order valence-corrected chi connectivity index (χ3v) is 8.82. The summed E-state index contributed by atoms with van der Waals surface area (Å²) in [7, 11) is 0. The fourth-order valence-electron chi connectivity index (χ4n) is 7.07. The van der Waals surface area contributed by atoms with Crippen molar-refractivity contribution in [1.82, 2.24) is 4.90 Å². The van der Waals surface area contributed by atoms with Gasteiger partial charge in [-0.25, -0.2) is 4.79 Å². The van der Waals surface area contributed by atoms with Crippen LogP contribution in [0.2, 0.25) is 0 Å². The van der Waals surface area contributed by atoms with Crippen molar-refractivity contribution < 1.29 is 22.7 Å². The van der Waals surface area contributed by atoms with Crippen molar-refractivity contribution in [3.05, 3.63) is 95.1 Å². The van der Waals surface area contributed by atoms with Crippen LogP contribution in [-0.4, -0.2) is 23.6 Å². The molecule has 0 spiro atoms. The topological polar surface area (TPSA) is 29.5 Å². The highest BCUT2D eigenvalue weighted by Crippen LogP contribution is 2.56. The Morgan fingerprint density at radius 1 is 0.946 bits per heavy atom. The molecule has 0 N–H and O–H groups in total. The van der Waals surface area contributed by atoms with E-state index in [0.717, 1.165) is 67.3 Å². The van der Waals surface area contributed by atoms with Crippen molar-refractivity contribution in [3.63, 3.8) is 0 Å². The SMILES string of the molecule is O=C(OCc1ccccc1)N1CCC23CCCC[C@@H]2[C@@H]1Cc1ccc(-c2ccc(C(F)(F)F)cc2)cc13. The Kier molecular flexibility index (Phi) is 6.01. The van der Waals surface area contributed by atoms with Crippen LogP contribution >= 0.6 is 0 Å². The summed E-state index contributed by atoms with van der Waals surface area (Å²) in [5.74, 6) is 0.370. The number of alkyl halides is 3. The van der Waals surface area contributed by atoms with Crippen LogP contribution in [0.25, 0.3) is 11.1 Å². The lowest BCUT2D eigenvalue weighted by Gasteiger charge is -2.58. The molecule has 0 aromatic heterocycles. The number of carbonyl (C=O) groups is 1. The average molecular weight is 506 g/mol. The summed E-state index contributed by atoms with van der Waals surface area (Å²) in [6, 6.07) is 21.7. The van der Waals surface area contributed by atoms with Gasteiger partial charge in [-0.15, -0.1) is 0 Å². The minimum absolute atomic E-state index is 0.00856. The zero-order chi connectivity index (χ0) is 25.6. The lowest BCUT2D eigenvalue weighted by molar-refractivity contribution is -0.137. The van der Waals surface area contributed by atoms with E-state index >= 15 is 0 Å². The fourth-order valence-corrected chi connectivity index (χ4v) is 7.07. The third kappa shape index (κ3) is 4.30. The summed E-state index contributed by atoms with van der Waals surface area (Å²) in [5.41, 5.74) is 4.69. The van der Waals surface area contributed by atoms with E-state index in [4.69, 9.17) is 4.74 Å². The number of benzene rings is 3. The van der Waals surface area contributed by atoms with Gasteiger partial charge >= 0.3 is 12.3 Å². The molecule has 3 aromatic rings. The van der Waals surface area contributed by atoms with Crippen LogP contribution in [0.3, 0.4) is 0 Å². The molecule has 192 valence electrons. The van der Waals surface area contributed by atoms with Gasteiger partial charge in [0.25, 0.3) is 0 Å². The maximum atomic E-state index is 13.2. The first-order valence-corrected chi connectivity index (χ1v) is 13.1. The Morgan fingerprint density at radius 3 is 2.46 bits per heavy atom. The van der Waals surface area contributed by atoms with E-state index in [9.17, 15) is 18.0 Å². The molecule has 3 aromatic carbocycles. The Hall–Kier alpha value is -3.28. The van der Waals surface area contributed by atoms with Crippen molar-refractivity contribution in [1.29, 1.82) is 0 Å². The highest BCUT2D eigenvalue weighted by molar-refractivity contribution is 5.70. The first-order chi connectivity index (χ1) is 17.8. The summed E-state index contributed by atoms with van der Waals surface area (Å²) in [6.07, 6.45) is 1.58. The second-order valence-corrected chi connectivity index (χ2v) is 10.7. The molecule has 2 aliphatic carbocycles. The van der Waals surface area contributed by atoms with Crippen LogP contribution in [0.4, 0.5) is 18.0 Å². The number of nitrogens with zero attached hydrogens (tertiary/aromatic N) is 1. The minimum atomic E-state index is -4.34. The molecule has 1 unspecified atom stereocenters. The third-order valence-electron chi connectivity index (χ3n) is 8.82. The van der Waals surface area contributed by atoms with Gasteiger partial charge in [-0.1, -0.05) is 73.5 Å². The predicted molar refractivity (Wildman–Crippen MR) is 136 cm³/mol. The Bertz CT molecular complexity index is 1290. The molecule has 6 rings (SSSR count). The first-order valence-electron chi connectivity index (χ1n) is 13.1. The number of rotatable bonds is 3. The summed E-state index contributed by atoms with van der Waals surface area (Å²) in [6.45, 7) is 0.935. The maximum absolute atomic E-state index is 13.2. The normalized spacial score (nSPS) is 24.7. The smallest absolute Gasteiger partial charge is 0.416 e. The van der Waals surface area contributed by atoms with Gasteiger partial charge in [0.2, 0.25) is 0 Å². The molecule has 2 fully saturated rings. The molecule has 3 nitrogen and oxygen atoms in total. The summed E-state index contributed by atoms with van der Waals surface area (Å²) in [5, 5.41) is 0. The molecular formula is C31H30F3NO2. The Balaban J connectivity index is 1.29. The van der Waals surface area contributed by atoms with Gasteiger partial charge in [-0.05, 0) is 71.6 Å². The van der Waals surface area contributed by atoms with Crippen molar-refractivity contribution in [3.8, 4) is 11.1 Å². The Labute approximate surface area is 215 Å². The lowest BCUT2D eigenvalue weighted by atomic mass is 9.52. The molecule has 6 heteroatoms. The Morgan fingerprint density at radius 2 is 1.70 bits per heavy atom. The van der Waals surface area contributed by atoms with Crippen LogP contribution in [-0.2, 0) is 29.4 Å². The largest absolute Gasteiger partial charge is 0.445 e. The average Bonchev–Trinajstić information content (AvgIpc) is 2.92. The van der Waals surface area contributed by atoms with Gasteiger partial charge in [0.1, 0.15) is 6.61 Å². The molecule has 1 amide bonds. The van der Waals surface area contributed by atoms with Crippen molar-refractivity contribution in [2.45, 2.75) is 62.8 Å². The molecule has 1 saturated carbocycles. The van der Waals surface area contributed by atoms with E-state index in [1.54, 1.807) is 12.1 Å². The van der Waals surface area contributed by atoms with Gasteiger partial charge in [-0.2, -0.15) is 13.2 Å². The van der Waals surface area contributed by atoms with Gasteiger partial charge in [0.05, 0.1) is 5.56 Å². The molecule has 1 aliphatic heterocycles. The maximum Gasteiger partial charge on any atom is 0.416 e. The van der Waals surface area contributed by atoms with Crippen molar-refractivity contribution >= 4 is 6.09 Å². The van der Waals surface area contributed by atoms with E-state index in [2.05, 4.69) is 12.1 Å². The molecule has 37 heavy (non-hydrogen) atoms. The molecule has 3 aliphatic rings. The van der Waals surface area contributed by atoms with Crippen LogP contribution < -0.4 is 0 Å². The summed E-state index contributed by atoms with van der Waals surface area (Å²) < 4.78 is 44.9. The zero-order valence-corrected chi connectivity index (χ0v) is 20.6. The molecule has 1 saturated heterocycles. The standard InChI is InChI=1S/C31H30F3NO2/c32-31(33,34)25-13-11-22(12-14-25)23-9-10-24-19-28-26-8-4-5-15-30(26,27(24)18-23)16-17-35(28)29(36)37-20-21-6-2-1-3-7-21/h1-3,6-7,9-14,18,26,28H,4-5,8,15-17,19-20H2/t26-,28+,30?/m1/s1. The van der Waals surface area contributed by atoms with Crippen molar-refractivity contribution in [2.75, 3.05) is 6.54 Å². The van der Waals surface area contributed by atoms with Gasteiger partial charge in [0, 0.05) is 18.0 Å². The van der Waals surface area contributed by atoms with Gasteiger partial charge < -0.3 is 9.64 Å². The molecular weight excluding hydrogens is 475 g/mol. The highest BCUT2D eigenvalue weighted by atomic mass is 19.4. The predicted octanol–water partition coefficient (Wildman–Crippen LogP) is 7.77. The molecule has 3 atom stereocenters. The van der Waals surface area contributed by atoms with E-state index in [1.807, 2.05) is 41.3 Å². The quantitative estimate of drug-likeness (QED) is 0.364. The lowest BCUT2D eigenvalue weighted by Crippen LogP contribution is -2.62. The first kappa shape index (κ1) is 24.1. The molecule has 2 bridgehead atoms. The number of likely N-dealkylation sites (tertiary alicyclic amines) is 1. The number of piperidine rings is 1. The van der Waals surface area contributed by atoms with Crippen LogP contribution in [0, 0.1) is 5.92 Å². The highest BCUT2D eigenvalue weighted by Gasteiger charge is 2.55. The molecule has 0 radical (unpaired) electrons.